The molecule has 1 aliphatic carbocycles. The lowest BCUT2D eigenvalue weighted by atomic mass is 9.80. The van der Waals surface area contributed by atoms with Crippen LogP contribution in [-0.2, 0) is 14.3 Å². The van der Waals surface area contributed by atoms with Crippen molar-refractivity contribution in [2.24, 2.45) is 11.8 Å². The summed E-state index contributed by atoms with van der Waals surface area (Å²) in [5.74, 6) is -0.227. The van der Waals surface area contributed by atoms with Crippen LogP contribution in [0.5, 0.6) is 5.75 Å². The second-order valence-corrected chi connectivity index (χ2v) is 11.5. The molecule has 2 aliphatic heterocycles. The standard InChI is InChI=1S/C30H35ClFN3O5/c1-33(30(38)40-24-9-7-23(32)8-10-24)27-18-35(17-26(27)19-3-5-22(31)6-4-19)28(36)20-11-13-34(14-12-20)29(37)21-15-25(16-21)39-2/h3-10,20-21,25-27H,11-18H2,1-2H3/t21?,25?,26?,27-/m1/s1. The van der Waals surface area contributed by atoms with Crippen LogP contribution in [0.25, 0.3) is 0 Å². The summed E-state index contributed by atoms with van der Waals surface area (Å²) in [6.45, 7) is 1.97. The van der Waals surface area contributed by atoms with Crippen LogP contribution < -0.4 is 4.74 Å². The van der Waals surface area contributed by atoms with Crippen molar-refractivity contribution < 1.29 is 28.2 Å². The minimum Gasteiger partial charge on any atom is -0.410 e. The Morgan fingerprint density at radius 1 is 0.900 bits per heavy atom. The maximum absolute atomic E-state index is 13.7. The number of rotatable bonds is 6. The highest BCUT2D eigenvalue weighted by Gasteiger charge is 2.43. The first-order valence-corrected chi connectivity index (χ1v) is 14.2. The van der Waals surface area contributed by atoms with E-state index in [1.165, 1.54) is 29.2 Å². The first-order valence-electron chi connectivity index (χ1n) is 13.8. The van der Waals surface area contributed by atoms with Crippen LogP contribution in [-0.4, -0.2) is 85.1 Å². The molecule has 3 amide bonds. The van der Waals surface area contributed by atoms with Gasteiger partial charge in [-0.25, -0.2) is 9.18 Å². The normalized spacial score (nSPS) is 24.9. The molecule has 8 nitrogen and oxygen atoms in total. The van der Waals surface area contributed by atoms with E-state index in [1.54, 1.807) is 26.3 Å². The Morgan fingerprint density at radius 2 is 1.52 bits per heavy atom. The number of likely N-dealkylation sites (N-methyl/N-ethyl adjacent to an activating group) is 1. The van der Waals surface area contributed by atoms with Gasteiger partial charge in [0.25, 0.3) is 0 Å². The summed E-state index contributed by atoms with van der Waals surface area (Å²) in [6.07, 6.45) is 2.39. The van der Waals surface area contributed by atoms with Gasteiger partial charge < -0.3 is 24.2 Å². The van der Waals surface area contributed by atoms with E-state index in [9.17, 15) is 18.8 Å². The van der Waals surface area contributed by atoms with E-state index >= 15 is 0 Å². The van der Waals surface area contributed by atoms with E-state index in [-0.39, 0.29) is 47.5 Å². The van der Waals surface area contributed by atoms with Crippen molar-refractivity contribution in [3.8, 4) is 5.75 Å². The summed E-state index contributed by atoms with van der Waals surface area (Å²) in [6, 6.07) is 12.4. The summed E-state index contributed by atoms with van der Waals surface area (Å²) in [5, 5.41) is 0.608. The average molecular weight is 572 g/mol. The molecule has 2 heterocycles. The Kier molecular flexibility index (Phi) is 8.61. The van der Waals surface area contributed by atoms with Crippen LogP contribution >= 0.6 is 11.6 Å². The largest absolute Gasteiger partial charge is 0.415 e. The molecule has 0 bridgehead atoms. The third-order valence-electron chi connectivity index (χ3n) is 8.64. The minimum atomic E-state index is -0.580. The van der Waals surface area contributed by atoms with Crippen molar-refractivity contribution in [3.63, 3.8) is 0 Å². The Hall–Kier alpha value is -3.17. The average Bonchev–Trinajstić information content (AvgIpc) is 3.38. The Bertz CT molecular complexity index is 1210. The summed E-state index contributed by atoms with van der Waals surface area (Å²) in [4.78, 5) is 44.8. The minimum absolute atomic E-state index is 0.0295. The number of amides is 3. The number of ether oxygens (including phenoxy) is 2. The summed E-state index contributed by atoms with van der Waals surface area (Å²) in [7, 11) is 3.33. The molecule has 0 spiro atoms. The van der Waals surface area contributed by atoms with Gasteiger partial charge in [-0.05, 0) is 67.6 Å². The quantitative estimate of drug-likeness (QED) is 0.508. The van der Waals surface area contributed by atoms with Crippen LogP contribution in [0.1, 0.15) is 37.2 Å². The van der Waals surface area contributed by atoms with Crippen molar-refractivity contribution in [3.05, 3.63) is 64.9 Å². The Labute approximate surface area is 238 Å². The second-order valence-electron chi connectivity index (χ2n) is 11.0. The first kappa shape index (κ1) is 28.4. The fourth-order valence-corrected chi connectivity index (χ4v) is 6.16. The number of hydrogen-bond acceptors (Lipinski definition) is 5. The zero-order valence-corrected chi connectivity index (χ0v) is 23.6. The van der Waals surface area contributed by atoms with E-state index in [1.807, 2.05) is 21.9 Å². The lowest BCUT2D eigenvalue weighted by Gasteiger charge is -2.39. The number of likely N-dealkylation sites (tertiary alicyclic amines) is 2. The highest BCUT2D eigenvalue weighted by Crippen LogP contribution is 2.35. The molecule has 0 aromatic heterocycles. The molecule has 10 heteroatoms. The van der Waals surface area contributed by atoms with Gasteiger partial charge in [-0.15, -0.1) is 0 Å². The van der Waals surface area contributed by atoms with Gasteiger partial charge in [-0.2, -0.15) is 0 Å². The van der Waals surface area contributed by atoms with E-state index < -0.39 is 11.9 Å². The second kappa shape index (κ2) is 12.1. The fourth-order valence-electron chi connectivity index (χ4n) is 6.03. The van der Waals surface area contributed by atoms with Gasteiger partial charge >= 0.3 is 6.09 Å². The molecular weight excluding hydrogens is 537 g/mol. The lowest BCUT2D eigenvalue weighted by Crippen LogP contribution is -2.49. The van der Waals surface area contributed by atoms with E-state index in [2.05, 4.69) is 0 Å². The third-order valence-corrected chi connectivity index (χ3v) is 8.89. The SMILES string of the molecule is COC1CC(C(=O)N2CCC(C(=O)N3CC(c4ccc(Cl)cc4)[C@H](N(C)C(=O)Oc4ccc(F)cc4)C3)CC2)C1. The fraction of sp³-hybridized carbons (Fsp3) is 0.500. The lowest BCUT2D eigenvalue weighted by molar-refractivity contribution is -0.147. The Morgan fingerprint density at radius 3 is 2.15 bits per heavy atom. The molecule has 0 radical (unpaired) electrons. The molecule has 40 heavy (non-hydrogen) atoms. The van der Waals surface area contributed by atoms with Crippen molar-refractivity contribution >= 4 is 29.5 Å². The predicted molar refractivity (Wildman–Crippen MR) is 148 cm³/mol. The summed E-state index contributed by atoms with van der Waals surface area (Å²) in [5.41, 5.74) is 0.974. The zero-order valence-electron chi connectivity index (χ0n) is 22.8. The highest BCUT2D eigenvalue weighted by atomic mass is 35.5. The number of carbonyl (C=O) groups excluding carboxylic acids is 3. The van der Waals surface area contributed by atoms with Crippen LogP contribution in [0.2, 0.25) is 5.02 Å². The zero-order chi connectivity index (χ0) is 28.4. The molecule has 5 rings (SSSR count). The van der Waals surface area contributed by atoms with E-state index in [4.69, 9.17) is 21.1 Å². The number of piperidine rings is 1. The number of nitrogens with zero attached hydrogens (tertiary/aromatic N) is 3. The van der Waals surface area contributed by atoms with Crippen molar-refractivity contribution in [2.45, 2.75) is 43.7 Å². The van der Waals surface area contributed by atoms with Crippen molar-refractivity contribution in [2.75, 3.05) is 40.3 Å². The van der Waals surface area contributed by atoms with E-state index in [0.29, 0.717) is 44.0 Å². The van der Waals surface area contributed by atoms with Gasteiger partial charge in [0.15, 0.2) is 0 Å². The smallest absolute Gasteiger partial charge is 0.410 e. The third kappa shape index (κ3) is 6.10. The predicted octanol–water partition coefficient (Wildman–Crippen LogP) is 4.57. The van der Waals surface area contributed by atoms with Gasteiger partial charge in [0, 0.05) is 63.1 Å². The van der Waals surface area contributed by atoms with Gasteiger partial charge in [-0.3, -0.25) is 9.59 Å². The van der Waals surface area contributed by atoms with Crippen LogP contribution in [0.15, 0.2) is 48.5 Å². The van der Waals surface area contributed by atoms with Crippen LogP contribution in [0, 0.1) is 17.7 Å². The molecule has 2 aromatic rings. The van der Waals surface area contributed by atoms with Crippen molar-refractivity contribution in [1.29, 1.82) is 0 Å². The van der Waals surface area contributed by atoms with Gasteiger partial charge in [0.05, 0.1) is 12.1 Å². The summed E-state index contributed by atoms with van der Waals surface area (Å²) < 4.78 is 24.1. The first-order chi connectivity index (χ1) is 19.2. The molecule has 214 valence electrons. The molecule has 1 unspecified atom stereocenters. The van der Waals surface area contributed by atoms with Crippen LogP contribution in [0.3, 0.4) is 0 Å². The van der Waals surface area contributed by atoms with Crippen LogP contribution in [0.4, 0.5) is 9.18 Å². The molecule has 2 aromatic carbocycles. The van der Waals surface area contributed by atoms with E-state index in [0.717, 1.165) is 18.4 Å². The van der Waals surface area contributed by atoms with Crippen molar-refractivity contribution in [1.82, 2.24) is 14.7 Å². The monoisotopic (exact) mass is 571 g/mol. The molecule has 2 atom stereocenters. The maximum Gasteiger partial charge on any atom is 0.415 e. The molecule has 3 fully saturated rings. The number of benzene rings is 2. The molecule has 3 aliphatic rings. The number of hydrogen-bond donors (Lipinski definition) is 0. The van der Waals surface area contributed by atoms with Gasteiger partial charge in [-0.1, -0.05) is 23.7 Å². The summed E-state index contributed by atoms with van der Waals surface area (Å²) >= 11 is 6.12. The molecular formula is C30H35ClFN3O5. The number of methoxy groups -OCH3 is 1. The molecule has 0 N–H and O–H groups in total. The highest BCUT2D eigenvalue weighted by molar-refractivity contribution is 6.30. The Balaban J connectivity index is 1.24. The van der Waals surface area contributed by atoms with Gasteiger partial charge in [0.1, 0.15) is 11.6 Å². The maximum atomic E-state index is 13.7. The topological polar surface area (TPSA) is 79.4 Å². The van der Waals surface area contributed by atoms with Gasteiger partial charge in [0.2, 0.25) is 11.8 Å². The number of carbonyl (C=O) groups is 3. The molecule has 1 saturated carbocycles. The molecule has 2 saturated heterocycles. The number of halogens is 2.